The molecule has 0 spiro atoms. The summed E-state index contributed by atoms with van der Waals surface area (Å²) in [7, 11) is 0. The Hall–Kier alpha value is -4.36. The lowest BCUT2D eigenvalue weighted by Crippen LogP contribution is -2.56. The summed E-state index contributed by atoms with van der Waals surface area (Å²) in [5, 5.41) is 32.8. The summed E-state index contributed by atoms with van der Waals surface area (Å²) in [6.45, 7) is 6.64. The van der Waals surface area contributed by atoms with E-state index >= 15 is 0 Å². The fourth-order valence-electron chi connectivity index (χ4n) is 4.56. The molecule has 0 unspecified atom stereocenters. The van der Waals surface area contributed by atoms with E-state index in [9.17, 15) is 43.5 Å². The van der Waals surface area contributed by atoms with Gasteiger partial charge in [-0.15, -0.1) is 0 Å². The van der Waals surface area contributed by atoms with Crippen LogP contribution in [0.4, 0.5) is 0 Å². The van der Waals surface area contributed by atoms with Crippen molar-refractivity contribution in [1.82, 2.24) is 31.9 Å². The summed E-state index contributed by atoms with van der Waals surface area (Å²) in [5.41, 5.74) is 17.0. The summed E-state index contributed by atoms with van der Waals surface area (Å²) in [5.74, 6) is -6.78. The van der Waals surface area contributed by atoms with E-state index in [-0.39, 0.29) is 25.2 Å². The van der Waals surface area contributed by atoms with Crippen LogP contribution < -0.4 is 49.1 Å². The lowest BCUT2D eigenvalue weighted by Gasteiger charge is -2.23. The zero-order chi connectivity index (χ0) is 38.4. The molecule has 0 rings (SSSR count). The van der Waals surface area contributed by atoms with Crippen molar-refractivity contribution in [1.29, 1.82) is 0 Å². The minimum Gasteiger partial charge on any atom is -0.481 e. The summed E-state index contributed by atoms with van der Waals surface area (Å²) >= 11 is 0. The number of carboxylic acid groups (broad SMARTS) is 2. The Bertz CT molecular complexity index is 1150. The number of hydrogen-bond donors (Lipinski definition) is 11. The van der Waals surface area contributed by atoms with Crippen LogP contribution in [0, 0.1) is 5.92 Å². The number of hydrogen-bond acceptors (Lipinski definition) is 11. The van der Waals surface area contributed by atoms with E-state index in [1.165, 1.54) is 13.8 Å². The number of nitrogens with one attached hydrogen (secondary N) is 6. The lowest BCUT2D eigenvalue weighted by molar-refractivity contribution is -0.143. The van der Waals surface area contributed by atoms with Crippen molar-refractivity contribution in [2.75, 3.05) is 19.6 Å². The zero-order valence-corrected chi connectivity index (χ0v) is 29.4. The van der Waals surface area contributed by atoms with Gasteiger partial charge in [0.1, 0.15) is 30.2 Å². The highest BCUT2D eigenvalue weighted by Crippen LogP contribution is 2.06. The first-order valence-corrected chi connectivity index (χ1v) is 16.8. The number of aliphatic carboxylic acids is 2. The van der Waals surface area contributed by atoms with Crippen LogP contribution in [0.15, 0.2) is 0 Å². The summed E-state index contributed by atoms with van der Waals surface area (Å²) in [4.78, 5) is 99.0. The Labute approximate surface area is 292 Å². The van der Waals surface area contributed by atoms with Crippen molar-refractivity contribution < 1.29 is 48.6 Å². The standard InChI is InChI=1S/C31H57N9O10/c1-17(2)15-20(34)28(46)36-18(3)26(44)39-21(9-5-7-13-32)29(47)35-16-24(41)38-22(10-6-8-14-33)30(48)37-19(4)27(45)40-23(31(49)50)11-12-25(42)43/h17-23H,5-16,32-34H2,1-4H3,(H,35,47)(H,36,46)(H,37,48)(H,38,41)(H,39,44)(H,40,45)(H,42,43)(H,49,50)/t18-,19-,20-,21-,22-,23-/m0/s1. The molecule has 286 valence electrons. The summed E-state index contributed by atoms with van der Waals surface area (Å²) in [6.07, 6.45) is 1.82. The summed E-state index contributed by atoms with van der Waals surface area (Å²) < 4.78 is 0. The molecule has 6 atom stereocenters. The smallest absolute Gasteiger partial charge is 0.326 e. The molecule has 0 saturated carbocycles. The highest BCUT2D eigenvalue weighted by molar-refractivity contribution is 5.95. The van der Waals surface area contributed by atoms with Crippen LogP contribution in [0.3, 0.4) is 0 Å². The van der Waals surface area contributed by atoms with Crippen LogP contribution >= 0.6 is 0 Å². The van der Waals surface area contributed by atoms with Crippen molar-refractivity contribution in [3.8, 4) is 0 Å². The predicted molar refractivity (Wildman–Crippen MR) is 182 cm³/mol. The van der Waals surface area contributed by atoms with Gasteiger partial charge in [0.25, 0.3) is 0 Å². The molecule has 0 heterocycles. The molecule has 0 aliphatic carbocycles. The molecule has 0 aromatic heterocycles. The van der Waals surface area contributed by atoms with Gasteiger partial charge in [-0.3, -0.25) is 33.6 Å². The second-order valence-corrected chi connectivity index (χ2v) is 12.5. The molecular formula is C31H57N9O10. The largest absolute Gasteiger partial charge is 0.481 e. The molecule has 50 heavy (non-hydrogen) atoms. The molecule has 19 heteroatoms. The van der Waals surface area contributed by atoms with E-state index in [0.717, 1.165) is 0 Å². The van der Waals surface area contributed by atoms with Crippen LogP contribution in [-0.2, 0) is 38.4 Å². The molecule has 6 amide bonds. The van der Waals surface area contributed by atoms with Crippen LogP contribution in [-0.4, -0.2) is 113 Å². The third-order valence-corrected chi connectivity index (χ3v) is 7.43. The molecule has 0 saturated heterocycles. The summed E-state index contributed by atoms with van der Waals surface area (Å²) in [6, 6.07) is -6.80. The zero-order valence-electron chi connectivity index (χ0n) is 29.4. The Balaban J connectivity index is 5.42. The quantitative estimate of drug-likeness (QED) is 0.0402. The first kappa shape index (κ1) is 45.6. The topological polar surface area (TPSA) is 327 Å². The Morgan fingerprint density at radius 1 is 0.580 bits per heavy atom. The monoisotopic (exact) mass is 715 g/mol. The van der Waals surface area contributed by atoms with E-state index < -0.39 is 96.6 Å². The van der Waals surface area contributed by atoms with Gasteiger partial charge in [-0.1, -0.05) is 13.8 Å². The lowest BCUT2D eigenvalue weighted by atomic mass is 10.0. The van der Waals surface area contributed by atoms with Crippen LogP contribution in [0.1, 0.15) is 85.5 Å². The van der Waals surface area contributed by atoms with Gasteiger partial charge in [-0.05, 0) is 84.2 Å². The van der Waals surface area contributed by atoms with Crippen molar-refractivity contribution in [2.24, 2.45) is 23.1 Å². The van der Waals surface area contributed by atoms with Crippen molar-refractivity contribution >= 4 is 47.4 Å². The number of carboxylic acids is 2. The third kappa shape index (κ3) is 19.6. The van der Waals surface area contributed by atoms with Gasteiger partial charge < -0.3 is 59.3 Å². The number of amides is 6. The first-order valence-electron chi connectivity index (χ1n) is 16.8. The molecule has 19 nitrogen and oxygen atoms in total. The number of carbonyl (C=O) groups is 8. The highest BCUT2D eigenvalue weighted by atomic mass is 16.4. The Morgan fingerprint density at radius 2 is 1.06 bits per heavy atom. The maximum absolute atomic E-state index is 13.1. The van der Waals surface area contributed by atoms with E-state index in [2.05, 4.69) is 31.9 Å². The molecule has 0 aromatic rings. The van der Waals surface area contributed by atoms with Gasteiger partial charge in [-0.2, -0.15) is 0 Å². The predicted octanol–water partition coefficient (Wildman–Crippen LogP) is -2.85. The fourth-order valence-corrected chi connectivity index (χ4v) is 4.56. The second kappa shape index (κ2) is 24.7. The molecule has 14 N–H and O–H groups in total. The Kier molecular flexibility index (Phi) is 22.6. The van der Waals surface area contributed by atoms with E-state index in [4.69, 9.17) is 22.3 Å². The van der Waals surface area contributed by atoms with Crippen LogP contribution in [0.25, 0.3) is 0 Å². The van der Waals surface area contributed by atoms with E-state index in [1.54, 1.807) is 0 Å². The van der Waals surface area contributed by atoms with Gasteiger partial charge >= 0.3 is 11.9 Å². The number of carbonyl (C=O) groups excluding carboxylic acids is 6. The van der Waals surface area contributed by atoms with Gasteiger partial charge in [0.15, 0.2) is 0 Å². The molecular weight excluding hydrogens is 658 g/mol. The van der Waals surface area contributed by atoms with Gasteiger partial charge in [-0.25, -0.2) is 4.79 Å². The average Bonchev–Trinajstić information content (AvgIpc) is 3.03. The second-order valence-electron chi connectivity index (χ2n) is 12.5. The number of nitrogens with two attached hydrogens (primary N) is 3. The first-order chi connectivity index (χ1) is 23.4. The molecule has 0 aliphatic rings. The third-order valence-electron chi connectivity index (χ3n) is 7.43. The van der Waals surface area contributed by atoms with Crippen LogP contribution in [0.2, 0.25) is 0 Å². The number of unbranched alkanes of at least 4 members (excludes halogenated alkanes) is 2. The van der Waals surface area contributed by atoms with Gasteiger partial charge in [0.05, 0.1) is 12.6 Å². The molecule has 0 radical (unpaired) electrons. The maximum atomic E-state index is 13.1. The van der Waals surface area contributed by atoms with Crippen LogP contribution in [0.5, 0.6) is 0 Å². The van der Waals surface area contributed by atoms with Crippen molar-refractivity contribution in [2.45, 2.75) is 122 Å². The number of rotatable bonds is 26. The van der Waals surface area contributed by atoms with Gasteiger partial charge in [0, 0.05) is 6.42 Å². The SMILES string of the molecule is CC(C)C[C@H](N)C(=O)N[C@@H](C)C(=O)N[C@@H](CCCCN)C(=O)NCC(=O)N[C@@H](CCCCN)C(=O)N[C@@H](C)C(=O)N[C@@H](CCC(=O)O)C(=O)O. The highest BCUT2D eigenvalue weighted by Gasteiger charge is 2.29. The molecule has 0 aromatic carbocycles. The van der Waals surface area contributed by atoms with Gasteiger partial charge in [0.2, 0.25) is 35.4 Å². The molecule has 0 aliphatic heterocycles. The van der Waals surface area contributed by atoms with Crippen molar-refractivity contribution in [3.05, 3.63) is 0 Å². The van der Waals surface area contributed by atoms with Crippen molar-refractivity contribution in [3.63, 3.8) is 0 Å². The normalized spacial score (nSPS) is 14.6. The maximum Gasteiger partial charge on any atom is 0.326 e. The average molecular weight is 716 g/mol. The fraction of sp³-hybridized carbons (Fsp3) is 0.742. The molecule has 0 bridgehead atoms. The van der Waals surface area contributed by atoms with E-state index in [1.807, 2.05) is 13.8 Å². The Morgan fingerprint density at radius 3 is 1.52 bits per heavy atom. The minimum atomic E-state index is -1.50. The van der Waals surface area contributed by atoms with E-state index in [0.29, 0.717) is 45.2 Å². The molecule has 0 fully saturated rings. The minimum absolute atomic E-state index is 0.121.